The number of halogens is 2. The van der Waals surface area contributed by atoms with E-state index in [-0.39, 0.29) is 22.6 Å². The molecular formula is C13H17Cl2NO3. The summed E-state index contributed by atoms with van der Waals surface area (Å²) in [5.41, 5.74) is -0.348. The molecule has 0 aliphatic carbocycles. The minimum Gasteiger partial charge on any atom is -0.494 e. The summed E-state index contributed by atoms with van der Waals surface area (Å²) in [6.45, 7) is 3.50. The van der Waals surface area contributed by atoms with E-state index in [2.05, 4.69) is 5.32 Å². The van der Waals surface area contributed by atoms with E-state index in [4.69, 9.17) is 27.9 Å². The Balaban J connectivity index is 3.02. The highest BCUT2D eigenvalue weighted by atomic mass is 35.5. The Labute approximate surface area is 122 Å². The maximum atomic E-state index is 12.1. The van der Waals surface area contributed by atoms with Crippen LogP contribution >= 0.6 is 23.2 Å². The Hall–Kier alpha value is -0.970. The first kappa shape index (κ1) is 16.1. The molecule has 0 radical (unpaired) electrons. The van der Waals surface area contributed by atoms with Crippen LogP contribution in [0.5, 0.6) is 5.75 Å². The van der Waals surface area contributed by atoms with E-state index >= 15 is 0 Å². The van der Waals surface area contributed by atoms with Crippen molar-refractivity contribution in [3.63, 3.8) is 0 Å². The molecule has 1 atom stereocenters. The predicted octanol–water partition coefficient (Wildman–Crippen LogP) is 2.89. The lowest BCUT2D eigenvalue weighted by Crippen LogP contribution is -2.48. The van der Waals surface area contributed by atoms with Crippen LogP contribution in [0.2, 0.25) is 10.0 Å². The van der Waals surface area contributed by atoms with E-state index in [0.717, 1.165) is 0 Å². The topological polar surface area (TPSA) is 58.6 Å². The van der Waals surface area contributed by atoms with Crippen LogP contribution in [0.3, 0.4) is 0 Å². The van der Waals surface area contributed by atoms with Crippen LogP contribution in [0.1, 0.15) is 30.6 Å². The normalized spacial score (nSPS) is 13.8. The zero-order chi connectivity index (χ0) is 14.6. The van der Waals surface area contributed by atoms with E-state index in [1.54, 1.807) is 6.92 Å². The van der Waals surface area contributed by atoms with Gasteiger partial charge in [-0.2, -0.15) is 0 Å². The lowest BCUT2D eigenvalue weighted by atomic mass is 9.99. The number of amides is 1. The van der Waals surface area contributed by atoms with Crippen molar-refractivity contribution in [2.75, 3.05) is 13.7 Å². The third kappa shape index (κ3) is 3.75. The zero-order valence-corrected chi connectivity index (χ0v) is 12.6. The summed E-state index contributed by atoms with van der Waals surface area (Å²) in [7, 11) is 1.45. The number of methoxy groups -OCH3 is 1. The second-order valence-corrected chi connectivity index (χ2v) is 5.31. The van der Waals surface area contributed by atoms with E-state index < -0.39 is 5.54 Å². The van der Waals surface area contributed by atoms with Gasteiger partial charge in [0.05, 0.1) is 29.3 Å². The van der Waals surface area contributed by atoms with Gasteiger partial charge in [0.1, 0.15) is 0 Å². The molecule has 0 spiro atoms. The number of carbonyl (C=O) groups is 1. The Morgan fingerprint density at radius 2 is 1.95 bits per heavy atom. The second-order valence-electron chi connectivity index (χ2n) is 4.50. The predicted molar refractivity (Wildman–Crippen MR) is 76.3 cm³/mol. The SMILES string of the molecule is CCC(C)(CO)NC(=O)c1cc(Cl)c(OC)c(Cl)c1. The molecule has 2 N–H and O–H groups in total. The van der Waals surface area contributed by atoms with Crippen LogP contribution in [0, 0.1) is 0 Å². The maximum absolute atomic E-state index is 12.1. The summed E-state index contributed by atoms with van der Waals surface area (Å²) >= 11 is 12.0. The Kier molecular flexibility index (Phi) is 5.47. The molecule has 1 amide bonds. The van der Waals surface area contributed by atoms with Crippen molar-refractivity contribution in [1.82, 2.24) is 5.32 Å². The zero-order valence-electron chi connectivity index (χ0n) is 11.1. The van der Waals surface area contributed by atoms with Crippen LogP contribution in [0.25, 0.3) is 0 Å². The third-order valence-corrected chi connectivity index (χ3v) is 3.57. The number of carbonyl (C=O) groups excluding carboxylic acids is 1. The molecule has 0 saturated heterocycles. The average Bonchev–Trinajstić information content (AvgIpc) is 2.38. The van der Waals surface area contributed by atoms with Gasteiger partial charge in [-0.15, -0.1) is 0 Å². The van der Waals surface area contributed by atoms with E-state index in [1.165, 1.54) is 19.2 Å². The van der Waals surface area contributed by atoms with Gasteiger partial charge in [0.2, 0.25) is 0 Å². The molecule has 1 rings (SSSR count). The molecule has 0 aromatic heterocycles. The summed E-state index contributed by atoms with van der Waals surface area (Å²) in [4.78, 5) is 12.1. The number of aliphatic hydroxyl groups excluding tert-OH is 1. The quantitative estimate of drug-likeness (QED) is 0.879. The summed E-state index contributed by atoms with van der Waals surface area (Å²) in [6, 6.07) is 2.96. The summed E-state index contributed by atoms with van der Waals surface area (Å²) in [5.74, 6) is -0.00912. The molecule has 19 heavy (non-hydrogen) atoms. The van der Waals surface area contributed by atoms with E-state index in [0.29, 0.717) is 17.7 Å². The highest BCUT2D eigenvalue weighted by molar-refractivity contribution is 6.37. The van der Waals surface area contributed by atoms with Gasteiger partial charge in [0, 0.05) is 5.56 Å². The van der Waals surface area contributed by atoms with Gasteiger partial charge in [-0.3, -0.25) is 4.79 Å². The smallest absolute Gasteiger partial charge is 0.251 e. The first-order chi connectivity index (χ1) is 8.86. The summed E-state index contributed by atoms with van der Waals surface area (Å²) in [6.07, 6.45) is 0.604. The van der Waals surface area contributed by atoms with Crippen LogP contribution in [-0.2, 0) is 0 Å². The molecule has 106 valence electrons. The third-order valence-electron chi connectivity index (χ3n) is 3.01. The molecule has 0 aliphatic heterocycles. The fourth-order valence-corrected chi connectivity index (χ4v) is 2.11. The van der Waals surface area contributed by atoms with Gasteiger partial charge in [0.15, 0.2) is 5.75 Å². The minimum atomic E-state index is -0.671. The molecule has 4 nitrogen and oxygen atoms in total. The second kappa shape index (κ2) is 6.46. The van der Waals surface area contributed by atoms with Crippen LogP contribution in [0.4, 0.5) is 0 Å². The fraction of sp³-hybridized carbons (Fsp3) is 0.462. The van der Waals surface area contributed by atoms with Crippen LogP contribution in [-0.4, -0.2) is 30.3 Å². The highest BCUT2D eigenvalue weighted by Crippen LogP contribution is 2.33. The molecule has 0 aliphatic rings. The molecule has 0 bridgehead atoms. The first-order valence-electron chi connectivity index (χ1n) is 5.83. The number of rotatable bonds is 5. The highest BCUT2D eigenvalue weighted by Gasteiger charge is 2.24. The van der Waals surface area contributed by atoms with Gasteiger partial charge in [-0.25, -0.2) is 0 Å². The molecule has 0 fully saturated rings. The lowest BCUT2D eigenvalue weighted by Gasteiger charge is -2.27. The minimum absolute atomic E-state index is 0.146. The molecule has 1 unspecified atom stereocenters. The van der Waals surface area contributed by atoms with Gasteiger partial charge < -0.3 is 15.2 Å². The van der Waals surface area contributed by atoms with Crippen molar-refractivity contribution >= 4 is 29.1 Å². The lowest BCUT2D eigenvalue weighted by molar-refractivity contribution is 0.0847. The number of ether oxygens (including phenoxy) is 1. The van der Waals surface area contributed by atoms with Crippen molar-refractivity contribution in [2.24, 2.45) is 0 Å². The van der Waals surface area contributed by atoms with E-state index in [9.17, 15) is 9.90 Å². The number of aliphatic hydroxyl groups is 1. The van der Waals surface area contributed by atoms with Crippen LogP contribution in [0.15, 0.2) is 12.1 Å². The van der Waals surface area contributed by atoms with Gasteiger partial charge >= 0.3 is 0 Å². The van der Waals surface area contributed by atoms with Gasteiger partial charge in [-0.1, -0.05) is 30.1 Å². The van der Waals surface area contributed by atoms with Gasteiger partial charge in [-0.05, 0) is 25.5 Å². The van der Waals surface area contributed by atoms with Crippen molar-refractivity contribution in [3.8, 4) is 5.75 Å². The summed E-state index contributed by atoms with van der Waals surface area (Å²) in [5, 5.41) is 12.6. The van der Waals surface area contributed by atoms with Crippen LogP contribution < -0.4 is 10.1 Å². The Morgan fingerprint density at radius 3 is 2.32 bits per heavy atom. The first-order valence-corrected chi connectivity index (χ1v) is 6.59. The van der Waals surface area contributed by atoms with E-state index in [1.807, 2.05) is 6.92 Å². The van der Waals surface area contributed by atoms with Crippen molar-refractivity contribution in [3.05, 3.63) is 27.7 Å². The molecule has 1 aromatic rings. The molecular weight excluding hydrogens is 289 g/mol. The van der Waals surface area contributed by atoms with Crippen molar-refractivity contribution in [1.29, 1.82) is 0 Å². The largest absolute Gasteiger partial charge is 0.494 e. The molecule has 1 aromatic carbocycles. The summed E-state index contributed by atoms with van der Waals surface area (Å²) < 4.78 is 5.02. The number of nitrogens with one attached hydrogen (secondary N) is 1. The average molecular weight is 306 g/mol. The molecule has 0 saturated carbocycles. The molecule has 6 heteroatoms. The van der Waals surface area contributed by atoms with Gasteiger partial charge in [0.25, 0.3) is 5.91 Å². The van der Waals surface area contributed by atoms with Crippen molar-refractivity contribution in [2.45, 2.75) is 25.8 Å². The number of benzene rings is 1. The number of hydrogen-bond donors (Lipinski definition) is 2. The maximum Gasteiger partial charge on any atom is 0.251 e. The standard InChI is InChI=1S/C13H17Cl2NO3/c1-4-13(2,7-17)16-12(18)8-5-9(14)11(19-3)10(15)6-8/h5-6,17H,4,7H2,1-3H3,(H,16,18). The monoisotopic (exact) mass is 305 g/mol. The Morgan fingerprint density at radius 1 is 1.42 bits per heavy atom. The van der Waals surface area contributed by atoms with Crippen molar-refractivity contribution < 1.29 is 14.6 Å². The number of hydrogen-bond acceptors (Lipinski definition) is 3. The Bertz CT molecular complexity index is 450. The fourth-order valence-electron chi connectivity index (χ4n) is 1.47. The molecule has 0 heterocycles.